The second kappa shape index (κ2) is 9.54. The molecule has 0 saturated carbocycles. The minimum Gasteiger partial charge on any atom is -0.493 e. The first-order valence-electron chi connectivity index (χ1n) is 9.07. The molecule has 7 heteroatoms. The highest BCUT2D eigenvalue weighted by Gasteiger charge is 2.09. The van der Waals surface area contributed by atoms with Crippen molar-refractivity contribution in [2.75, 3.05) is 26.1 Å². The van der Waals surface area contributed by atoms with E-state index in [9.17, 15) is 9.18 Å². The smallest absolute Gasteiger partial charge is 0.269 e. The maximum atomic E-state index is 12.9. The van der Waals surface area contributed by atoms with Gasteiger partial charge in [-0.3, -0.25) is 9.78 Å². The van der Waals surface area contributed by atoms with Gasteiger partial charge < -0.3 is 20.1 Å². The summed E-state index contributed by atoms with van der Waals surface area (Å²) in [5.41, 5.74) is 2.76. The minimum absolute atomic E-state index is 0.275. The number of halogens is 1. The number of hydrogen-bond acceptors (Lipinski definition) is 5. The fourth-order valence-corrected chi connectivity index (χ4v) is 2.78. The zero-order valence-corrected chi connectivity index (χ0v) is 16.2. The number of aromatic nitrogens is 1. The third-order valence-corrected chi connectivity index (χ3v) is 4.28. The van der Waals surface area contributed by atoms with Crippen molar-refractivity contribution < 1.29 is 18.7 Å². The first kappa shape index (κ1) is 20.1. The van der Waals surface area contributed by atoms with E-state index in [-0.39, 0.29) is 11.7 Å². The van der Waals surface area contributed by atoms with Crippen molar-refractivity contribution in [2.24, 2.45) is 0 Å². The average Bonchev–Trinajstić information content (AvgIpc) is 2.75. The molecule has 0 aliphatic carbocycles. The number of carbonyl (C=O) groups is 1. The standard InChI is InChI=1S/C22H22FN3O3/c1-28-20-8-7-17(14-21(20)29-2)26-18-10-12-24-19(13-18)22(27)25-11-9-15-3-5-16(23)6-4-15/h3-8,10,12-14H,9,11H2,1-2H3,(H,24,26)(H,25,27). The normalized spacial score (nSPS) is 10.3. The van der Waals surface area contributed by atoms with Crippen LogP contribution in [0.4, 0.5) is 15.8 Å². The van der Waals surface area contributed by atoms with Crippen molar-refractivity contribution in [2.45, 2.75) is 6.42 Å². The molecule has 0 saturated heterocycles. The van der Waals surface area contributed by atoms with Gasteiger partial charge in [0.1, 0.15) is 11.5 Å². The number of amides is 1. The number of benzene rings is 2. The van der Waals surface area contributed by atoms with Crippen LogP contribution in [0.5, 0.6) is 11.5 Å². The Balaban J connectivity index is 1.61. The lowest BCUT2D eigenvalue weighted by Gasteiger charge is -2.12. The minimum atomic E-state index is -0.277. The predicted molar refractivity (Wildman–Crippen MR) is 110 cm³/mol. The van der Waals surface area contributed by atoms with Gasteiger partial charge in [-0.05, 0) is 48.4 Å². The van der Waals surface area contributed by atoms with Gasteiger partial charge in [-0.1, -0.05) is 12.1 Å². The SMILES string of the molecule is COc1ccc(Nc2ccnc(C(=O)NCCc3ccc(F)cc3)c2)cc1OC. The van der Waals surface area contributed by atoms with E-state index >= 15 is 0 Å². The molecule has 150 valence electrons. The van der Waals surface area contributed by atoms with Crippen LogP contribution in [-0.2, 0) is 6.42 Å². The van der Waals surface area contributed by atoms with Gasteiger partial charge in [-0.25, -0.2) is 4.39 Å². The maximum absolute atomic E-state index is 12.9. The Morgan fingerprint density at radius 3 is 2.41 bits per heavy atom. The Kier molecular flexibility index (Phi) is 6.63. The Labute approximate surface area is 168 Å². The number of rotatable bonds is 8. The highest BCUT2D eigenvalue weighted by atomic mass is 19.1. The number of nitrogens with zero attached hydrogens (tertiary/aromatic N) is 1. The molecule has 0 atom stereocenters. The van der Waals surface area contributed by atoms with Crippen molar-refractivity contribution in [3.63, 3.8) is 0 Å². The summed E-state index contributed by atoms with van der Waals surface area (Å²) in [6, 6.07) is 15.1. The maximum Gasteiger partial charge on any atom is 0.269 e. The summed E-state index contributed by atoms with van der Waals surface area (Å²) < 4.78 is 23.5. The number of methoxy groups -OCH3 is 2. The van der Waals surface area contributed by atoms with E-state index in [1.807, 2.05) is 12.1 Å². The third-order valence-electron chi connectivity index (χ3n) is 4.28. The molecule has 0 aliphatic heterocycles. The van der Waals surface area contributed by atoms with Gasteiger partial charge in [0, 0.05) is 30.2 Å². The van der Waals surface area contributed by atoms with Crippen LogP contribution in [0.15, 0.2) is 60.8 Å². The van der Waals surface area contributed by atoms with E-state index in [4.69, 9.17) is 9.47 Å². The van der Waals surface area contributed by atoms with Crippen molar-refractivity contribution in [3.8, 4) is 11.5 Å². The lowest BCUT2D eigenvalue weighted by molar-refractivity contribution is 0.0949. The van der Waals surface area contributed by atoms with E-state index in [2.05, 4.69) is 15.6 Å². The molecule has 0 radical (unpaired) electrons. The molecule has 0 bridgehead atoms. The number of nitrogens with one attached hydrogen (secondary N) is 2. The van der Waals surface area contributed by atoms with Crippen LogP contribution in [0.2, 0.25) is 0 Å². The van der Waals surface area contributed by atoms with Crippen LogP contribution in [0.3, 0.4) is 0 Å². The van der Waals surface area contributed by atoms with Crippen LogP contribution >= 0.6 is 0 Å². The summed E-state index contributed by atoms with van der Waals surface area (Å²) >= 11 is 0. The molecular formula is C22H22FN3O3. The molecule has 3 rings (SSSR count). The highest BCUT2D eigenvalue weighted by molar-refractivity contribution is 5.93. The zero-order valence-electron chi connectivity index (χ0n) is 16.2. The lowest BCUT2D eigenvalue weighted by atomic mass is 10.1. The fourth-order valence-electron chi connectivity index (χ4n) is 2.78. The van der Waals surface area contributed by atoms with Crippen LogP contribution in [0, 0.1) is 5.82 Å². The molecular weight excluding hydrogens is 373 g/mol. The highest BCUT2D eigenvalue weighted by Crippen LogP contribution is 2.31. The molecule has 6 nitrogen and oxygen atoms in total. The van der Waals surface area contributed by atoms with Crippen molar-refractivity contribution in [3.05, 3.63) is 77.9 Å². The lowest BCUT2D eigenvalue weighted by Crippen LogP contribution is -2.26. The van der Waals surface area contributed by atoms with Gasteiger partial charge in [0.2, 0.25) is 0 Å². The number of carbonyl (C=O) groups excluding carboxylic acids is 1. The molecule has 1 heterocycles. The van der Waals surface area contributed by atoms with E-state index in [1.165, 1.54) is 12.1 Å². The summed E-state index contributed by atoms with van der Waals surface area (Å²) in [5, 5.41) is 6.05. The van der Waals surface area contributed by atoms with Crippen molar-refractivity contribution in [1.29, 1.82) is 0 Å². The Morgan fingerprint density at radius 1 is 0.966 bits per heavy atom. The van der Waals surface area contributed by atoms with Gasteiger partial charge in [-0.2, -0.15) is 0 Å². The molecule has 2 aromatic carbocycles. The summed E-state index contributed by atoms with van der Waals surface area (Å²) in [6.45, 7) is 0.430. The Bertz CT molecular complexity index is 977. The number of pyridine rings is 1. The van der Waals surface area contributed by atoms with E-state index in [1.54, 1.807) is 50.7 Å². The first-order chi connectivity index (χ1) is 14.1. The molecule has 2 N–H and O–H groups in total. The third kappa shape index (κ3) is 5.44. The molecule has 0 spiro atoms. The molecule has 1 aromatic heterocycles. The summed E-state index contributed by atoms with van der Waals surface area (Å²) in [6.07, 6.45) is 2.17. The Hall–Kier alpha value is -3.61. The molecule has 3 aromatic rings. The van der Waals surface area contributed by atoms with E-state index < -0.39 is 0 Å². The molecule has 0 aliphatic rings. The van der Waals surface area contributed by atoms with Gasteiger partial charge in [0.25, 0.3) is 5.91 Å². The van der Waals surface area contributed by atoms with Crippen LogP contribution in [-0.4, -0.2) is 31.7 Å². The molecule has 0 fully saturated rings. The van der Waals surface area contributed by atoms with E-state index in [0.29, 0.717) is 30.2 Å². The molecule has 29 heavy (non-hydrogen) atoms. The number of hydrogen-bond donors (Lipinski definition) is 2. The zero-order chi connectivity index (χ0) is 20.6. The number of ether oxygens (including phenoxy) is 2. The fraction of sp³-hybridized carbons (Fsp3) is 0.182. The largest absolute Gasteiger partial charge is 0.493 e. The molecule has 0 unspecified atom stereocenters. The number of anilines is 2. The van der Waals surface area contributed by atoms with E-state index in [0.717, 1.165) is 16.9 Å². The summed E-state index contributed by atoms with van der Waals surface area (Å²) in [4.78, 5) is 16.5. The van der Waals surface area contributed by atoms with Crippen LogP contribution in [0.1, 0.15) is 16.1 Å². The summed E-state index contributed by atoms with van der Waals surface area (Å²) in [5.74, 6) is 0.683. The van der Waals surface area contributed by atoms with Gasteiger partial charge in [-0.15, -0.1) is 0 Å². The van der Waals surface area contributed by atoms with Crippen LogP contribution in [0.25, 0.3) is 0 Å². The average molecular weight is 395 g/mol. The van der Waals surface area contributed by atoms with Crippen molar-refractivity contribution >= 4 is 17.3 Å². The Morgan fingerprint density at radius 2 is 1.69 bits per heavy atom. The predicted octanol–water partition coefficient (Wildman–Crippen LogP) is 3.95. The quantitative estimate of drug-likeness (QED) is 0.604. The second-order valence-electron chi connectivity index (χ2n) is 6.26. The van der Waals surface area contributed by atoms with Gasteiger partial charge in [0.15, 0.2) is 11.5 Å². The monoisotopic (exact) mass is 395 g/mol. The molecule has 1 amide bonds. The van der Waals surface area contributed by atoms with Crippen LogP contribution < -0.4 is 20.1 Å². The van der Waals surface area contributed by atoms with Gasteiger partial charge >= 0.3 is 0 Å². The first-order valence-corrected chi connectivity index (χ1v) is 9.07. The second-order valence-corrected chi connectivity index (χ2v) is 6.26. The van der Waals surface area contributed by atoms with Crippen molar-refractivity contribution in [1.82, 2.24) is 10.3 Å². The van der Waals surface area contributed by atoms with Gasteiger partial charge in [0.05, 0.1) is 14.2 Å². The topological polar surface area (TPSA) is 72.5 Å². The summed E-state index contributed by atoms with van der Waals surface area (Å²) in [7, 11) is 3.15.